The number of amides is 1. The van der Waals surface area contributed by atoms with Gasteiger partial charge in [-0.25, -0.2) is 0 Å². The van der Waals surface area contributed by atoms with Crippen molar-refractivity contribution in [2.24, 2.45) is 5.16 Å². The Hall–Kier alpha value is -2.74. The number of hydrogen-bond acceptors (Lipinski definition) is 5. The second kappa shape index (κ2) is 8.21. The lowest BCUT2D eigenvalue weighted by atomic mass is 10.2. The molecule has 0 spiro atoms. The van der Waals surface area contributed by atoms with E-state index in [0.717, 1.165) is 4.47 Å². The minimum atomic E-state index is -0.816. The number of rotatable bonds is 6. The average Bonchev–Trinajstić information content (AvgIpc) is 2.57. The summed E-state index contributed by atoms with van der Waals surface area (Å²) in [5.41, 5.74) is 1.10. The van der Waals surface area contributed by atoms with Gasteiger partial charge in [-0.05, 0) is 31.2 Å². The molecule has 8 heteroatoms. The zero-order chi connectivity index (χ0) is 17.5. The van der Waals surface area contributed by atoms with E-state index in [4.69, 9.17) is 4.84 Å². The summed E-state index contributed by atoms with van der Waals surface area (Å²) in [5.74, 6) is -0.353. The summed E-state index contributed by atoms with van der Waals surface area (Å²) in [6.07, 6.45) is 0.500. The average molecular weight is 392 g/mol. The van der Waals surface area contributed by atoms with E-state index in [9.17, 15) is 14.9 Å². The Morgan fingerprint density at radius 2 is 2.04 bits per heavy atom. The highest BCUT2D eigenvalue weighted by Gasteiger charge is 2.14. The van der Waals surface area contributed by atoms with Gasteiger partial charge in [0, 0.05) is 27.9 Å². The summed E-state index contributed by atoms with van der Waals surface area (Å²) in [7, 11) is 0. The third-order valence-corrected chi connectivity index (χ3v) is 3.51. The quantitative estimate of drug-likeness (QED) is 0.461. The van der Waals surface area contributed by atoms with Gasteiger partial charge >= 0.3 is 0 Å². The number of carbonyl (C=O) groups excluding carboxylic acids is 1. The number of nitrogens with zero attached hydrogens (tertiary/aromatic N) is 2. The Labute approximate surface area is 146 Å². The van der Waals surface area contributed by atoms with Crippen LogP contribution in [-0.4, -0.2) is 23.1 Å². The number of benzene rings is 2. The first-order chi connectivity index (χ1) is 11.5. The van der Waals surface area contributed by atoms with Gasteiger partial charge in [-0.1, -0.05) is 33.2 Å². The molecule has 0 bridgehead atoms. The Balaban J connectivity index is 1.90. The number of nitro groups is 1. The van der Waals surface area contributed by atoms with Crippen LogP contribution in [0.5, 0.6) is 0 Å². The normalized spacial score (nSPS) is 11.9. The van der Waals surface area contributed by atoms with Gasteiger partial charge in [0.1, 0.15) is 0 Å². The van der Waals surface area contributed by atoms with Crippen LogP contribution in [0.25, 0.3) is 0 Å². The molecule has 1 N–H and O–H groups in total. The van der Waals surface area contributed by atoms with Gasteiger partial charge in [0.05, 0.1) is 11.1 Å². The molecule has 0 unspecified atom stereocenters. The molecule has 0 heterocycles. The monoisotopic (exact) mass is 391 g/mol. The summed E-state index contributed by atoms with van der Waals surface area (Å²) in [4.78, 5) is 27.3. The SMILES string of the molecule is C[C@@H](O/N=C\c1cccc([N+](=O)[O-])c1)C(=O)Nc1ccc(Br)cc1. The van der Waals surface area contributed by atoms with Crippen molar-refractivity contribution in [3.05, 3.63) is 68.7 Å². The number of nitro benzene ring substituents is 1. The van der Waals surface area contributed by atoms with Gasteiger partial charge in [-0.15, -0.1) is 0 Å². The van der Waals surface area contributed by atoms with Crippen LogP contribution >= 0.6 is 15.9 Å². The molecular weight excluding hydrogens is 378 g/mol. The molecule has 0 saturated heterocycles. The topological polar surface area (TPSA) is 93.8 Å². The maximum absolute atomic E-state index is 12.0. The summed E-state index contributed by atoms with van der Waals surface area (Å²) in [5, 5.41) is 17.1. The molecule has 0 aliphatic carbocycles. The van der Waals surface area contributed by atoms with Gasteiger partial charge in [-0.2, -0.15) is 0 Å². The standard InChI is InChI=1S/C16H14BrN3O4/c1-11(16(21)19-14-7-5-13(17)6-8-14)24-18-10-12-3-2-4-15(9-12)20(22)23/h2-11H,1H3,(H,19,21)/b18-10-/t11-/m1/s1. The van der Waals surface area contributed by atoms with Gasteiger partial charge in [0.2, 0.25) is 6.10 Å². The third kappa shape index (κ3) is 5.17. The van der Waals surface area contributed by atoms with E-state index < -0.39 is 11.0 Å². The van der Waals surface area contributed by atoms with Crippen LogP contribution in [0, 0.1) is 10.1 Å². The minimum absolute atomic E-state index is 0.0417. The highest BCUT2D eigenvalue weighted by atomic mass is 79.9. The van der Waals surface area contributed by atoms with E-state index >= 15 is 0 Å². The molecule has 0 radical (unpaired) electrons. The fraction of sp³-hybridized carbons (Fsp3) is 0.125. The largest absolute Gasteiger partial charge is 0.383 e. The van der Waals surface area contributed by atoms with Crippen LogP contribution in [0.1, 0.15) is 12.5 Å². The fourth-order valence-corrected chi connectivity index (χ4v) is 1.99. The molecule has 1 atom stereocenters. The van der Waals surface area contributed by atoms with Gasteiger partial charge in [0.25, 0.3) is 11.6 Å². The van der Waals surface area contributed by atoms with Crippen molar-refractivity contribution >= 4 is 39.4 Å². The van der Waals surface area contributed by atoms with Crippen molar-refractivity contribution in [2.45, 2.75) is 13.0 Å². The molecule has 1 amide bonds. The van der Waals surface area contributed by atoms with E-state index in [1.165, 1.54) is 18.3 Å². The molecule has 0 aliphatic heterocycles. The molecule has 2 aromatic carbocycles. The summed E-state index contributed by atoms with van der Waals surface area (Å²) < 4.78 is 0.909. The first-order valence-electron chi connectivity index (χ1n) is 6.96. The van der Waals surface area contributed by atoms with E-state index in [-0.39, 0.29) is 11.6 Å². The van der Waals surface area contributed by atoms with Crippen LogP contribution in [0.4, 0.5) is 11.4 Å². The molecule has 0 fully saturated rings. The Bertz CT molecular complexity index is 762. The smallest absolute Gasteiger partial charge is 0.270 e. The van der Waals surface area contributed by atoms with Gasteiger partial charge in [-0.3, -0.25) is 14.9 Å². The summed E-state index contributed by atoms with van der Waals surface area (Å²) in [6.45, 7) is 1.55. The van der Waals surface area contributed by atoms with Crippen molar-refractivity contribution in [3.8, 4) is 0 Å². The van der Waals surface area contributed by atoms with Crippen molar-refractivity contribution in [3.63, 3.8) is 0 Å². The number of carbonyl (C=O) groups is 1. The van der Waals surface area contributed by atoms with Crippen LogP contribution < -0.4 is 5.32 Å². The second-order valence-electron chi connectivity index (χ2n) is 4.83. The van der Waals surface area contributed by atoms with E-state index in [0.29, 0.717) is 11.3 Å². The minimum Gasteiger partial charge on any atom is -0.383 e. The Morgan fingerprint density at radius 3 is 2.71 bits per heavy atom. The van der Waals surface area contributed by atoms with Crippen LogP contribution in [-0.2, 0) is 9.63 Å². The summed E-state index contributed by atoms with van der Waals surface area (Å²) in [6, 6.07) is 13.0. The number of non-ortho nitro benzene ring substituents is 1. The molecule has 124 valence electrons. The molecule has 0 aromatic heterocycles. The number of halogens is 1. The first-order valence-corrected chi connectivity index (χ1v) is 7.75. The van der Waals surface area contributed by atoms with E-state index in [2.05, 4.69) is 26.4 Å². The number of nitrogens with one attached hydrogen (secondary N) is 1. The highest BCUT2D eigenvalue weighted by molar-refractivity contribution is 9.10. The number of oxime groups is 1. The lowest BCUT2D eigenvalue weighted by Crippen LogP contribution is -2.26. The van der Waals surface area contributed by atoms with Gasteiger partial charge < -0.3 is 10.2 Å². The van der Waals surface area contributed by atoms with Crippen molar-refractivity contribution in [1.29, 1.82) is 0 Å². The maximum atomic E-state index is 12.0. The highest BCUT2D eigenvalue weighted by Crippen LogP contribution is 2.15. The van der Waals surface area contributed by atoms with Crippen molar-refractivity contribution in [2.75, 3.05) is 5.32 Å². The first kappa shape index (κ1) is 17.6. The zero-order valence-electron chi connectivity index (χ0n) is 12.7. The third-order valence-electron chi connectivity index (χ3n) is 2.98. The zero-order valence-corrected chi connectivity index (χ0v) is 14.3. The molecule has 7 nitrogen and oxygen atoms in total. The maximum Gasteiger partial charge on any atom is 0.270 e. The molecule has 2 rings (SSSR count). The Kier molecular flexibility index (Phi) is 6.02. The molecule has 2 aromatic rings. The predicted octanol–water partition coefficient (Wildman–Crippen LogP) is 3.74. The predicted molar refractivity (Wildman–Crippen MR) is 94.0 cm³/mol. The fourth-order valence-electron chi connectivity index (χ4n) is 1.73. The van der Waals surface area contributed by atoms with E-state index in [1.807, 2.05) is 12.1 Å². The van der Waals surface area contributed by atoms with Crippen LogP contribution in [0.2, 0.25) is 0 Å². The molecular formula is C16H14BrN3O4. The number of anilines is 1. The van der Waals surface area contributed by atoms with E-state index in [1.54, 1.807) is 31.2 Å². The summed E-state index contributed by atoms with van der Waals surface area (Å²) >= 11 is 3.31. The van der Waals surface area contributed by atoms with Gasteiger partial charge in [0.15, 0.2) is 0 Å². The Morgan fingerprint density at radius 1 is 1.33 bits per heavy atom. The molecule has 0 aliphatic rings. The van der Waals surface area contributed by atoms with Crippen molar-refractivity contribution in [1.82, 2.24) is 0 Å². The molecule has 0 saturated carbocycles. The lowest BCUT2D eigenvalue weighted by molar-refractivity contribution is -0.384. The molecule has 24 heavy (non-hydrogen) atoms. The van der Waals surface area contributed by atoms with Crippen molar-refractivity contribution < 1.29 is 14.6 Å². The van der Waals surface area contributed by atoms with Crippen LogP contribution in [0.3, 0.4) is 0 Å². The number of hydrogen-bond donors (Lipinski definition) is 1. The lowest BCUT2D eigenvalue weighted by Gasteiger charge is -2.10. The van der Waals surface area contributed by atoms with Crippen LogP contribution in [0.15, 0.2) is 58.2 Å². The second-order valence-corrected chi connectivity index (χ2v) is 5.75.